The fourth-order valence-corrected chi connectivity index (χ4v) is 3.74. The molecule has 1 aliphatic carbocycles. The third-order valence-electron chi connectivity index (χ3n) is 5.17. The van der Waals surface area contributed by atoms with E-state index < -0.39 is 30.3 Å². The number of para-hydroxylation sites is 2. The van der Waals surface area contributed by atoms with Crippen molar-refractivity contribution in [2.75, 3.05) is 19.7 Å². The number of rotatable bonds is 5. The SMILES string of the molecule is O=C(CN1C(=O)C(=O)N(C2CCCC2)C1=O)NCC1COc2ccccc2O1. The Morgan fingerprint density at radius 1 is 1.07 bits per heavy atom. The van der Waals surface area contributed by atoms with E-state index in [4.69, 9.17) is 9.47 Å². The lowest BCUT2D eigenvalue weighted by Crippen LogP contribution is -2.46. The van der Waals surface area contributed by atoms with Crippen LogP contribution in [0.15, 0.2) is 24.3 Å². The summed E-state index contributed by atoms with van der Waals surface area (Å²) in [6, 6.07) is 6.27. The summed E-state index contributed by atoms with van der Waals surface area (Å²) in [5, 5.41) is 2.63. The molecule has 2 heterocycles. The average molecular weight is 387 g/mol. The number of hydrogen-bond acceptors (Lipinski definition) is 6. The summed E-state index contributed by atoms with van der Waals surface area (Å²) >= 11 is 0. The Morgan fingerprint density at radius 2 is 1.79 bits per heavy atom. The molecule has 1 unspecified atom stereocenters. The predicted octanol–water partition coefficient (Wildman–Crippen LogP) is 0.676. The highest BCUT2D eigenvalue weighted by atomic mass is 16.6. The fraction of sp³-hybridized carbons (Fsp3) is 0.474. The number of carbonyl (C=O) groups is 4. The van der Waals surface area contributed by atoms with Crippen LogP contribution in [0.1, 0.15) is 25.7 Å². The van der Waals surface area contributed by atoms with Gasteiger partial charge in [0.25, 0.3) is 0 Å². The first-order chi connectivity index (χ1) is 13.5. The Morgan fingerprint density at radius 3 is 2.54 bits per heavy atom. The van der Waals surface area contributed by atoms with Crippen LogP contribution in [0.2, 0.25) is 0 Å². The zero-order valence-electron chi connectivity index (χ0n) is 15.3. The van der Waals surface area contributed by atoms with Gasteiger partial charge in [-0.25, -0.2) is 9.69 Å². The van der Waals surface area contributed by atoms with Crippen LogP contribution < -0.4 is 14.8 Å². The lowest BCUT2D eigenvalue weighted by molar-refractivity contribution is -0.144. The van der Waals surface area contributed by atoms with E-state index in [-0.39, 0.29) is 25.3 Å². The number of urea groups is 1. The molecule has 4 rings (SSSR count). The number of imide groups is 2. The molecule has 1 aromatic rings. The van der Waals surface area contributed by atoms with Gasteiger partial charge in [0, 0.05) is 6.04 Å². The van der Waals surface area contributed by atoms with Crippen molar-refractivity contribution >= 4 is 23.8 Å². The Labute approximate surface area is 161 Å². The molecule has 3 aliphatic rings. The van der Waals surface area contributed by atoms with Crippen LogP contribution in [-0.2, 0) is 14.4 Å². The first kappa shape index (κ1) is 18.3. The number of amides is 5. The van der Waals surface area contributed by atoms with Crippen molar-refractivity contribution in [1.29, 1.82) is 0 Å². The van der Waals surface area contributed by atoms with Crippen molar-refractivity contribution in [2.24, 2.45) is 0 Å². The van der Waals surface area contributed by atoms with Gasteiger partial charge in [-0.3, -0.25) is 19.3 Å². The molecule has 2 fully saturated rings. The summed E-state index contributed by atoms with van der Waals surface area (Å²) in [7, 11) is 0. The number of hydrogen-bond donors (Lipinski definition) is 1. The van der Waals surface area contributed by atoms with E-state index in [1.807, 2.05) is 12.1 Å². The smallest absolute Gasteiger partial charge is 0.334 e. The molecule has 28 heavy (non-hydrogen) atoms. The minimum Gasteiger partial charge on any atom is -0.486 e. The first-order valence-electron chi connectivity index (χ1n) is 9.39. The number of nitrogens with zero attached hydrogens (tertiary/aromatic N) is 2. The molecule has 0 aromatic heterocycles. The van der Waals surface area contributed by atoms with Crippen LogP contribution in [0.25, 0.3) is 0 Å². The summed E-state index contributed by atoms with van der Waals surface area (Å²) < 4.78 is 11.3. The lowest BCUT2D eigenvalue weighted by atomic mass is 10.2. The quantitative estimate of drug-likeness (QED) is 0.588. The Hall–Kier alpha value is -3.10. The van der Waals surface area contributed by atoms with E-state index in [0.717, 1.165) is 17.7 Å². The van der Waals surface area contributed by atoms with Crippen LogP contribution in [0.3, 0.4) is 0 Å². The van der Waals surface area contributed by atoms with Gasteiger partial charge in [-0.15, -0.1) is 0 Å². The fourth-order valence-electron chi connectivity index (χ4n) is 3.74. The number of ether oxygens (including phenoxy) is 2. The van der Waals surface area contributed by atoms with Crippen molar-refractivity contribution in [1.82, 2.24) is 15.1 Å². The van der Waals surface area contributed by atoms with E-state index in [1.54, 1.807) is 12.1 Å². The van der Waals surface area contributed by atoms with Gasteiger partial charge in [-0.05, 0) is 25.0 Å². The zero-order chi connectivity index (χ0) is 19.7. The van der Waals surface area contributed by atoms with Gasteiger partial charge in [0.05, 0.1) is 6.54 Å². The third-order valence-corrected chi connectivity index (χ3v) is 5.17. The van der Waals surface area contributed by atoms with Crippen LogP contribution in [0.4, 0.5) is 4.79 Å². The van der Waals surface area contributed by atoms with Gasteiger partial charge in [0.1, 0.15) is 19.3 Å². The van der Waals surface area contributed by atoms with Crippen LogP contribution in [-0.4, -0.2) is 65.4 Å². The standard InChI is InChI=1S/C19H21N3O6/c23-16(20-9-13-11-27-14-7-3-4-8-15(14)28-13)10-21-17(24)18(25)22(19(21)26)12-5-1-2-6-12/h3-4,7-8,12-13H,1-2,5-6,9-11H2,(H,20,23). The summed E-state index contributed by atoms with van der Waals surface area (Å²) in [5.74, 6) is -1.09. The van der Waals surface area contributed by atoms with Crippen molar-refractivity contribution in [3.05, 3.63) is 24.3 Å². The molecule has 0 radical (unpaired) electrons. The lowest BCUT2D eigenvalue weighted by Gasteiger charge is -2.26. The molecular weight excluding hydrogens is 366 g/mol. The number of benzene rings is 1. The summed E-state index contributed by atoms with van der Waals surface area (Å²) in [6.45, 7) is -0.0622. The van der Waals surface area contributed by atoms with Gasteiger partial charge in [-0.2, -0.15) is 0 Å². The van der Waals surface area contributed by atoms with Gasteiger partial charge < -0.3 is 14.8 Å². The molecule has 9 nitrogen and oxygen atoms in total. The van der Waals surface area contributed by atoms with Gasteiger partial charge in [-0.1, -0.05) is 25.0 Å². The molecule has 0 bridgehead atoms. The second kappa shape index (κ2) is 7.49. The third kappa shape index (κ3) is 3.39. The monoisotopic (exact) mass is 387 g/mol. The minimum atomic E-state index is -0.946. The second-order valence-electron chi connectivity index (χ2n) is 7.09. The molecule has 5 amide bonds. The zero-order valence-corrected chi connectivity index (χ0v) is 15.3. The van der Waals surface area contributed by atoms with E-state index in [0.29, 0.717) is 29.2 Å². The number of fused-ring (bicyclic) bond motifs is 1. The van der Waals surface area contributed by atoms with E-state index in [1.165, 1.54) is 0 Å². The highest BCUT2D eigenvalue weighted by Crippen LogP contribution is 2.30. The van der Waals surface area contributed by atoms with Gasteiger partial charge >= 0.3 is 17.8 Å². The van der Waals surface area contributed by atoms with Gasteiger partial charge in [0.15, 0.2) is 11.5 Å². The summed E-state index contributed by atoms with van der Waals surface area (Å²) in [4.78, 5) is 50.7. The molecule has 1 saturated heterocycles. The number of nitrogens with one attached hydrogen (secondary N) is 1. The van der Waals surface area contributed by atoms with Crippen molar-refractivity contribution in [3.63, 3.8) is 0 Å². The maximum atomic E-state index is 12.5. The maximum Gasteiger partial charge on any atom is 0.334 e. The van der Waals surface area contributed by atoms with Crippen LogP contribution in [0.5, 0.6) is 11.5 Å². The molecule has 1 saturated carbocycles. The Bertz CT molecular complexity index is 820. The average Bonchev–Trinajstić information content (AvgIpc) is 3.29. The first-order valence-corrected chi connectivity index (χ1v) is 9.39. The molecular formula is C19H21N3O6. The van der Waals surface area contributed by atoms with Crippen LogP contribution in [0, 0.1) is 0 Å². The van der Waals surface area contributed by atoms with Gasteiger partial charge in [0.2, 0.25) is 5.91 Å². The Balaban J connectivity index is 1.31. The maximum absolute atomic E-state index is 12.5. The van der Waals surface area contributed by atoms with Crippen LogP contribution >= 0.6 is 0 Å². The second-order valence-corrected chi connectivity index (χ2v) is 7.09. The normalized spacial score (nSPS) is 22.1. The summed E-state index contributed by atoms with van der Waals surface area (Å²) in [6.07, 6.45) is 2.85. The van der Waals surface area contributed by atoms with Crippen molar-refractivity contribution < 1.29 is 28.7 Å². The van der Waals surface area contributed by atoms with E-state index in [9.17, 15) is 19.2 Å². The minimum absolute atomic E-state index is 0.156. The number of carbonyl (C=O) groups excluding carboxylic acids is 4. The highest BCUT2D eigenvalue weighted by molar-refractivity contribution is 6.45. The molecule has 1 aromatic carbocycles. The predicted molar refractivity (Wildman–Crippen MR) is 95.6 cm³/mol. The van der Waals surface area contributed by atoms with Crippen molar-refractivity contribution in [3.8, 4) is 11.5 Å². The molecule has 1 N–H and O–H groups in total. The largest absolute Gasteiger partial charge is 0.486 e. The molecule has 148 valence electrons. The molecule has 1 atom stereocenters. The summed E-state index contributed by atoms with van der Waals surface area (Å²) in [5.41, 5.74) is 0. The highest BCUT2D eigenvalue weighted by Gasteiger charge is 2.48. The van der Waals surface area contributed by atoms with Crippen molar-refractivity contribution in [2.45, 2.75) is 37.8 Å². The van der Waals surface area contributed by atoms with E-state index >= 15 is 0 Å². The topological polar surface area (TPSA) is 105 Å². The van der Waals surface area contributed by atoms with E-state index in [2.05, 4.69) is 5.32 Å². The molecule has 2 aliphatic heterocycles. The molecule has 0 spiro atoms. The molecule has 9 heteroatoms. The Kier molecular flexibility index (Phi) is 4.89.